The Morgan fingerprint density at radius 1 is 1.18 bits per heavy atom. The van der Waals surface area contributed by atoms with Crippen molar-refractivity contribution in [3.63, 3.8) is 0 Å². The van der Waals surface area contributed by atoms with Gasteiger partial charge in [0.25, 0.3) is 5.91 Å². The number of fused-ring (bicyclic) bond motifs is 2. The number of piperidine rings is 1. The lowest BCUT2D eigenvalue weighted by atomic mass is 10.0. The minimum atomic E-state index is -4.86. The molecule has 206 valence electrons. The third kappa shape index (κ3) is 4.47. The number of rotatable bonds is 5. The van der Waals surface area contributed by atoms with Crippen LogP contribution in [0.3, 0.4) is 0 Å². The van der Waals surface area contributed by atoms with Gasteiger partial charge in [0.05, 0.1) is 22.5 Å². The van der Waals surface area contributed by atoms with Crippen LogP contribution in [0, 0.1) is 12.8 Å². The Balaban J connectivity index is 1.43. The van der Waals surface area contributed by atoms with E-state index in [1.54, 1.807) is 27.7 Å². The summed E-state index contributed by atoms with van der Waals surface area (Å²) in [7, 11) is 0. The van der Waals surface area contributed by atoms with Crippen LogP contribution in [-0.2, 0) is 12.1 Å². The zero-order valence-electron chi connectivity index (χ0n) is 21.9. The maximum absolute atomic E-state index is 13.6. The molecular weight excluding hydrogens is 509 g/mol. The molecule has 0 aromatic carbocycles. The first-order valence-corrected chi connectivity index (χ1v) is 13.3. The van der Waals surface area contributed by atoms with E-state index < -0.39 is 17.5 Å². The van der Waals surface area contributed by atoms with Gasteiger partial charge in [0.2, 0.25) is 0 Å². The number of carbonyl (C=O) groups is 1. The van der Waals surface area contributed by atoms with Crippen molar-refractivity contribution in [1.82, 2.24) is 24.1 Å². The van der Waals surface area contributed by atoms with Gasteiger partial charge in [0.15, 0.2) is 5.60 Å². The number of aryl methyl sites for hydroxylation is 1. The summed E-state index contributed by atoms with van der Waals surface area (Å²) in [5.41, 5.74) is 6.57. The molecule has 1 aliphatic carbocycles. The lowest BCUT2D eigenvalue weighted by Crippen LogP contribution is -2.45. The number of hydrogen-bond acceptors (Lipinski definition) is 5. The number of halogens is 3. The number of nitrogens with two attached hydrogens (primary N) is 1. The first-order valence-electron chi connectivity index (χ1n) is 13.3. The standard InChI is InChI=1S/C28H31F3N6O2/c1-16-21-9-7-19(26(38)35-11-3-4-20(32)15-35)14-37(21)34-24(16)22-12-18-8-10-23(27(2,39)28(29,30)31)33-25(18)36(22)13-17-5-6-17/h7-10,12,14,17,20,39H,3-6,11,13,15,32H2,1-2H3/t20-,27?/m1/s1. The number of likely N-dealkylation sites (tertiary alicyclic amines) is 1. The van der Waals surface area contributed by atoms with E-state index in [1.165, 1.54) is 6.07 Å². The summed E-state index contributed by atoms with van der Waals surface area (Å²) in [5.74, 6) is 0.323. The Bertz CT molecular complexity index is 1580. The molecule has 4 aromatic heterocycles. The molecular formula is C28H31F3N6O2. The van der Waals surface area contributed by atoms with E-state index in [0.717, 1.165) is 49.4 Å². The molecule has 0 radical (unpaired) electrons. The zero-order chi connectivity index (χ0) is 27.7. The van der Waals surface area contributed by atoms with Gasteiger partial charge < -0.3 is 20.3 Å². The van der Waals surface area contributed by atoms with Crippen LogP contribution in [0.4, 0.5) is 13.2 Å². The van der Waals surface area contributed by atoms with Crippen molar-refractivity contribution >= 4 is 22.5 Å². The van der Waals surface area contributed by atoms with Crippen LogP contribution in [0.2, 0.25) is 0 Å². The largest absolute Gasteiger partial charge is 0.422 e. The highest BCUT2D eigenvalue weighted by molar-refractivity contribution is 5.94. The van der Waals surface area contributed by atoms with Crippen LogP contribution >= 0.6 is 0 Å². The average molecular weight is 541 g/mol. The molecule has 6 rings (SSSR count). The first-order chi connectivity index (χ1) is 18.4. The van der Waals surface area contributed by atoms with Gasteiger partial charge in [0, 0.05) is 42.8 Å². The van der Waals surface area contributed by atoms with Crippen molar-refractivity contribution in [2.24, 2.45) is 11.7 Å². The Kier molecular flexibility index (Phi) is 5.99. The number of aromatic nitrogens is 4. The van der Waals surface area contributed by atoms with Crippen LogP contribution in [0.25, 0.3) is 27.9 Å². The highest BCUT2D eigenvalue weighted by Gasteiger charge is 2.52. The second kappa shape index (κ2) is 9.06. The molecule has 1 saturated carbocycles. The summed E-state index contributed by atoms with van der Waals surface area (Å²) in [4.78, 5) is 19.2. The van der Waals surface area contributed by atoms with E-state index in [9.17, 15) is 23.1 Å². The SMILES string of the molecule is Cc1c(-c2cc3ccc(C(C)(O)C(F)(F)F)nc3n2CC2CC2)nn2cc(C(=O)N3CCC[C@@H](N)C3)ccc12. The van der Waals surface area contributed by atoms with Gasteiger partial charge in [-0.25, -0.2) is 9.50 Å². The van der Waals surface area contributed by atoms with Crippen LogP contribution in [0.15, 0.2) is 36.5 Å². The van der Waals surface area contributed by atoms with Gasteiger partial charge in [0.1, 0.15) is 11.3 Å². The van der Waals surface area contributed by atoms with Crippen molar-refractivity contribution in [1.29, 1.82) is 0 Å². The molecule has 2 fully saturated rings. The molecule has 0 bridgehead atoms. The third-order valence-electron chi connectivity index (χ3n) is 8.04. The van der Waals surface area contributed by atoms with Crippen LogP contribution in [0.5, 0.6) is 0 Å². The van der Waals surface area contributed by atoms with Gasteiger partial charge >= 0.3 is 6.18 Å². The van der Waals surface area contributed by atoms with Gasteiger partial charge in [-0.15, -0.1) is 0 Å². The molecule has 5 heterocycles. The Morgan fingerprint density at radius 2 is 1.95 bits per heavy atom. The molecule has 0 spiro atoms. The lowest BCUT2D eigenvalue weighted by Gasteiger charge is -2.30. The molecule has 2 aliphatic rings. The molecule has 1 amide bonds. The molecule has 1 saturated heterocycles. The molecule has 11 heteroatoms. The van der Waals surface area contributed by atoms with Crippen molar-refractivity contribution in [3.8, 4) is 11.4 Å². The zero-order valence-corrected chi connectivity index (χ0v) is 21.9. The van der Waals surface area contributed by atoms with Crippen molar-refractivity contribution < 1.29 is 23.1 Å². The Morgan fingerprint density at radius 3 is 2.64 bits per heavy atom. The van der Waals surface area contributed by atoms with E-state index in [4.69, 9.17) is 10.8 Å². The highest BCUT2D eigenvalue weighted by atomic mass is 19.4. The predicted octanol–water partition coefficient (Wildman–Crippen LogP) is 4.40. The Labute approximate surface area is 223 Å². The fraction of sp³-hybridized carbons (Fsp3) is 0.464. The molecule has 4 aromatic rings. The maximum atomic E-state index is 13.6. The van der Waals surface area contributed by atoms with E-state index in [1.807, 2.05) is 23.6 Å². The fourth-order valence-electron chi connectivity index (χ4n) is 5.40. The summed E-state index contributed by atoms with van der Waals surface area (Å²) in [6, 6.07) is 8.31. The number of nitrogens with zero attached hydrogens (tertiary/aromatic N) is 5. The van der Waals surface area contributed by atoms with Crippen LogP contribution < -0.4 is 5.73 Å². The topological polar surface area (TPSA) is 102 Å². The van der Waals surface area contributed by atoms with E-state index in [-0.39, 0.29) is 11.9 Å². The highest BCUT2D eigenvalue weighted by Crippen LogP contribution is 2.40. The molecule has 2 atom stereocenters. The minimum absolute atomic E-state index is 0.0210. The number of alkyl halides is 3. The lowest BCUT2D eigenvalue weighted by molar-refractivity contribution is -0.260. The monoisotopic (exact) mass is 540 g/mol. The van der Waals surface area contributed by atoms with Gasteiger partial charge in [-0.2, -0.15) is 18.3 Å². The van der Waals surface area contributed by atoms with Gasteiger partial charge in [-0.05, 0) is 75.8 Å². The number of carbonyl (C=O) groups excluding carboxylic acids is 1. The maximum Gasteiger partial charge on any atom is 0.422 e. The first kappa shape index (κ1) is 25.8. The summed E-state index contributed by atoms with van der Waals surface area (Å²) < 4.78 is 44.3. The molecule has 1 unspecified atom stereocenters. The van der Waals surface area contributed by atoms with Gasteiger partial charge in [-0.3, -0.25) is 4.79 Å². The normalized spacial score (nSPS) is 20.1. The fourth-order valence-corrected chi connectivity index (χ4v) is 5.40. The Hall–Kier alpha value is -3.44. The van der Waals surface area contributed by atoms with E-state index >= 15 is 0 Å². The average Bonchev–Trinajstić information content (AvgIpc) is 3.56. The van der Waals surface area contributed by atoms with E-state index in [0.29, 0.717) is 47.8 Å². The number of hydrogen-bond donors (Lipinski definition) is 2. The summed E-state index contributed by atoms with van der Waals surface area (Å²) in [6.45, 7) is 4.45. The third-order valence-corrected chi connectivity index (χ3v) is 8.04. The summed E-state index contributed by atoms with van der Waals surface area (Å²) >= 11 is 0. The quantitative estimate of drug-likeness (QED) is 0.391. The number of pyridine rings is 2. The molecule has 3 N–H and O–H groups in total. The smallest absolute Gasteiger partial charge is 0.375 e. The van der Waals surface area contributed by atoms with Crippen LogP contribution in [0.1, 0.15) is 54.2 Å². The molecule has 1 aliphatic heterocycles. The van der Waals surface area contributed by atoms with Gasteiger partial charge in [-0.1, -0.05) is 0 Å². The second-order valence-corrected chi connectivity index (χ2v) is 11.1. The summed E-state index contributed by atoms with van der Waals surface area (Å²) in [6.07, 6.45) is 0.711. The van der Waals surface area contributed by atoms with Crippen molar-refractivity contribution in [2.45, 2.75) is 63.9 Å². The number of aliphatic hydroxyl groups is 1. The number of amides is 1. The predicted molar refractivity (Wildman–Crippen MR) is 140 cm³/mol. The van der Waals surface area contributed by atoms with E-state index in [2.05, 4.69) is 4.98 Å². The molecule has 39 heavy (non-hydrogen) atoms. The van der Waals surface area contributed by atoms with Crippen molar-refractivity contribution in [3.05, 3.63) is 53.3 Å². The molecule has 8 nitrogen and oxygen atoms in total. The van der Waals surface area contributed by atoms with Crippen LogP contribution in [-0.4, -0.2) is 60.4 Å². The second-order valence-electron chi connectivity index (χ2n) is 11.1. The van der Waals surface area contributed by atoms with Crippen molar-refractivity contribution in [2.75, 3.05) is 13.1 Å². The summed E-state index contributed by atoms with van der Waals surface area (Å²) in [5, 5.41) is 15.7. The minimum Gasteiger partial charge on any atom is -0.375 e.